The Morgan fingerprint density at radius 3 is 2.86 bits per heavy atom. The molecular weight excluding hydrogens is 290 g/mol. The van der Waals surface area contributed by atoms with Crippen LogP contribution in [0.1, 0.15) is 29.0 Å². The maximum absolute atomic E-state index is 11.9. The number of aryl methyl sites for hydroxylation is 1. The molecule has 22 heavy (non-hydrogen) atoms. The van der Waals surface area contributed by atoms with Gasteiger partial charge in [-0.3, -0.25) is 9.59 Å². The van der Waals surface area contributed by atoms with Crippen LogP contribution < -0.4 is 10.1 Å². The number of carbonyl (C=O) groups excluding carboxylic acids is 1. The van der Waals surface area contributed by atoms with Gasteiger partial charge in [0.25, 0.3) is 5.91 Å². The molecule has 0 saturated carbocycles. The molecule has 0 aliphatic heterocycles. The third-order valence-corrected chi connectivity index (χ3v) is 2.75. The Kier molecular flexibility index (Phi) is 4.72. The van der Waals surface area contributed by atoms with Crippen LogP contribution in [-0.4, -0.2) is 33.2 Å². The number of amides is 1. The number of nitrogens with zero attached hydrogens (tertiary/aromatic N) is 2. The molecule has 0 saturated heterocycles. The predicted octanol–water partition coefficient (Wildman–Crippen LogP) is 1.16. The van der Waals surface area contributed by atoms with Gasteiger partial charge in [0, 0.05) is 12.5 Å². The molecule has 1 aromatic carbocycles. The fourth-order valence-corrected chi connectivity index (χ4v) is 1.62. The summed E-state index contributed by atoms with van der Waals surface area (Å²) in [6.45, 7) is 3.16. The van der Waals surface area contributed by atoms with Gasteiger partial charge in [0.15, 0.2) is 6.61 Å². The smallest absolute Gasteiger partial charge is 0.325 e. The van der Waals surface area contributed by atoms with Crippen LogP contribution in [0.5, 0.6) is 5.75 Å². The van der Waals surface area contributed by atoms with E-state index in [9.17, 15) is 9.59 Å². The highest BCUT2D eigenvalue weighted by molar-refractivity contribution is 5.96. The number of hydrogen-bond acceptors (Lipinski definition) is 6. The second kappa shape index (κ2) is 6.70. The van der Waals surface area contributed by atoms with Crippen molar-refractivity contribution in [1.82, 2.24) is 15.5 Å². The Balaban J connectivity index is 2.00. The number of carboxylic acid groups (broad SMARTS) is 1. The van der Waals surface area contributed by atoms with Crippen molar-refractivity contribution in [3.05, 3.63) is 41.5 Å². The Labute approximate surface area is 126 Å². The van der Waals surface area contributed by atoms with Gasteiger partial charge in [0.05, 0.1) is 0 Å². The summed E-state index contributed by atoms with van der Waals surface area (Å²) in [4.78, 5) is 26.6. The summed E-state index contributed by atoms with van der Waals surface area (Å²) in [5.74, 6) is -0.316. The monoisotopic (exact) mass is 305 g/mol. The Hall–Kier alpha value is -2.90. The number of rotatable bonds is 6. The maximum Gasteiger partial charge on any atom is 0.325 e. The van der Waals surface area contributed by atoms with Gasteiger partial charge < -0.3 is 19.7 Å². The van der Waals surface area contributed by atoms with Crippen molar-refractivity contribution in [2.75, 3.05) is 0 Å². The molecule has 0 fully saturated rings. The number of aromatic nitrogens is 2. The summed E-state index contributed by atoms with van der Waals surface area (Å²) in [7, 11) is 0. The molecule has 2 aromatic rings. The topological polar surface area (TPSA) is 115 Å². The molecule has 0 bridgehead atoms. The Morgan fingerprint density at radius 2 is 2.23 bits per heavy atom. The summed E-state index contributed by atoms with van der Waals surface area (Å²) >= 11 is 0. The van der Waals surface area contributed by atoms with Crippen LogP contribution >= 0.6 is 0 Å². The number of carboxylic acids is 1. The SMILES string of the molecule is Cc1nc(COc2cccc(C(=O)N[C@H](C)C(=O)O)c2)no1. The number of nitrogens with one attached hydrogen (secondary N) is 1. The zero-order valence-electron chi connectivity index (χ0n) is 12.1. The van der Waals surface area contributed by atoms with Crippen molar-refractivity contribution in [1.29, 1.82) is 0 Å². The molecule has 0 spiro atoms. The molecule has 1 atom stereocenters. The molecule has 1 amide bonds. The molecule has 8 heteroatoms. The van der Waals surface area contributed by atoms with Crippen LogP contribution in [0.4, 0.5) is 0 Å². The third kappa shape index (κ3) is 4.05. The van der Waals surface area contributed by atoms with E-state index in [4.69, 9.17) is 14.4 Å². The minimum absolute atomic E-state index is 0.105. The summed E-state index contributed by atoms with van der Waals surface area (Å²) in [6, 6.07) is 5.41. The van der Waals surface area contributed by atoms with Gasteiger partial charge >= 0.3 is 5.97 Å². The fraction of sp³-hybridized carbons (Fsp3) is 0.286. The number of carbonyl (C=O) groups is 2. The normalized spacial score (nSPS) is 11.7. The highest BCUT2D eigenvalue weighted by Gasteiger charge is 2.15. The lowest BCUT2D eigenvalue weighted by molar-refractivity contribution is -0.138. The minimum atomic E-state index is -1.10. The highest BCUT2D eigenvalue weighted by atomic mass is 16.5. The van der Waals surface area contributed by atoms with Crippen molar-refractivity contribution in [3.8, 4) is 5.75 Å². The number of ether oxygens (including phenoxy) is 1. The highest BCUT2D eigenvalue weighted by Crippen LogP contribution is 2.14. The standard InChI is InChI=1S/C14H15N3O5/c1-8(14(19)20)15-13(18)10-4-3-5-11(6-10)21-7-12-16-9(2)22-17-12/h3-6,8H,7H2,1-2H3,(H,15,18)(H,19,20)/t8-/m1/s1. The summed E-state index contributed by atoms with van der Waals surface area (Å²) < 4.78 is 10.3. The van der Waals surface area contributed by atoms with E-state index in [-0.39, 0.29) is 6.61 Å². The van der Waals surface area contributed by atoms with Gasteiger partial charge in [-0.05, 0) is 25.1 Å². The van der Waals surface area contributed by atoms with Gasteiger partial charge in [0.1, 0.15) is 11.8 Å². The molecule has 8 nitrogen and oxygen atoms in total. The molecule has 2 rings (SSSR count). The molecule has 0 radical (unpaired) electrons. The molecule has 2 N–H and O–H groups in total. The quantitative estimate of drug-likeness (QED) is 0.822. The molecule has 1 aromatic heterocycles. The largest absolute Gasteiger partial charge is 0.485 e. The summed E-state index contributed by atoms with van der Waals surface area (Å²) in [5.41, 5.74) is 0.301. The molecule has 1 heterocycles. The Morgan fingerprint density at radius 1 is 1.45 bits per heavy atom. The van der Waals surface area contributed by atoms with Crippen LogP contribution in [0.25, 0.3) is 0 Å². The van der Waals surface area contributed by atoms with E-state index in [0.29, 0.717) is 23.0 Å². The first kappa shape index (κ1) is 15.5. The minimum Gasteiger partial charge on any atom is -0.485 e. The zero-order chi connectivity index (χ0) is 16.1. The van der Waals surface area contributed by atoms with Crippen molar-refractivity contribution in [2.24, 2.45) is 0 Å². The average Bonchev–Trinajstić information content (AvgIpc) is 2.91. The van der Waals surface area contributed by atoms with Gasteiger partial charge in [-0.1, -0.05) is 11.2 Å². The first-order valence-electron chi connectivity index (χ1n) is 6.51. The Bertz CT molecular complexity index is 683. The molecule has 0 aliphatic rings. The van der Waals surface area contributed by atoms with Crippen molar-refractivity contribution in [2.45, 2.75) is 26.5 Å². The van der Waals surface area contributed by atoms with Crippen molar-refractivity contribution < 1.29 is 24.0 Å². The fourth-order valence-electron chi connectivity index (χ4n) is 1.62. The molecule has 116 valence electrons. The maximum atomic E-state index is 11.9. The number of aliphatic carboxylic acids is 1. The van der Waals surface area contributed by atoms with E-state index in [0.717, 1.165) is 0 Å². The van der Waals surface area contributed by atoms with E-state index in [1.165, 1.54) is 13.0 Å². The molecular formula is C14H15N3O5. The molecule has 0 unspecified atom stereocenters. The lowest BCUT2D eigenvalue weighted by atomic mass is 10.2. The molecule has 0 aliphatic carbocycles. The first-order chi connectivity index (χ1) is 10.5. The van der Waals surface area contributed by atoms with E-state index in [2.05, 4.69) is 15.5 Å². The second-order valence-electron chi connectivity index (χ2n) is 4.58. The number of benzene rings is 1. The van der Waals surface area contributed by atoms with Gasteiger partial charge in [-0.25, -0.2) is 0 Å². The second-order valence-corrected chi connectivity index (χ2v) is 4.58. The van der Waals surface area contributed by atoms with Crippen molar-refractivity contribution in [3.63, 3.8) is 0 Å². The lowest BCUT2D eigenvalue weighted by Gasteiger charge is -2.10. The van der Waals surface area contributed by atoms with E-state index in [1.807, 2.05) is 0 Å². The summed E-state index contributed by atoms with van der Waals surface area (Å²) in [6.07, 6.45) is 0. The van der Waals surface area contributed by atoms with Crippen LogP contribution in [-0.2, 0) is 11.4 Å². The van der Waals surface area contributed by atoms with E-state index in [1.54, 1.807) is 25.1 Å². The first-order valence-corrected chi connectivity index (χ1v) is 6.51. The summed E-state index contributed by atoms with van der Waals surface area (Å²) in [5, 5.41) is 14.8. The van der Waals surface area contributed by atoms with Crippen LogP contribution in [0.2, 0.25) is 0 Å². The predicted molar refractivity (Wildman–Crippen MR) is 74.4 cm³/mol. The average molecular weight is 305 g/mol. The van der Waals surface area contributed by atoms with Crippen LogP contribution in [0, 0.1) is 6.92 Å². The van der Waals surface area contributed by atoms with E-state index >= 15 is 0 Å². The zero-order valence-corrected chi connectivity index (χ0v) is 12.1. The van der Waals surface area contributed by atoms with Gasteiger partial charge in [-0.15, -0.1) is 0 Å². The van der Waals surface area contributed by atoms with Crippen LogP contribution in [0.3, 0.4) is 0 Å². The van der Waals surface area contributed by atoms with Gasteiger partial charge in [-0.2, -0.15) is 4.98 Å². The van der Waals surface area contributed by atoms with Crippen LogP contribution in [0.15, 0.2) is 28.8 Å². The third-order valence-electron chi connectivity index (χ3n) is 2.75. The van der Waals surface area contributed by atoms with E-state index < -0.39 is 17.9 Å². The lowest BCUT2D eigenvalue weighted by Crippen LogP contribution is -2.38. The van der Waals surface area contributed by atoms with Gasteiger partial charge in [0.2, 0.25) is 11.7 Å². The number of hydrogen-bond donors (Lipinski definition) is 2. The van der Waals surface area contributed by atoms with Crippen molar-refractivity contribution >= 4 is 11.9 Å².